The molecule has 0 bridgehead atoms. The molecule has 1 aromatic heterocycles. The molecule has 0 radical (unpaired) electrons. The second-order valence-electron chi connectivity index (χ2n) is 5.31. The molecule has 19 heavy (non-hydrogen) atoms. The summed E-state index contributed by atoms with van der Waals surface area (Å²) in [6.07, 6.45) is 4.01. The van der Waals surface area contributed by atoms with Crippen LogP contribution >= 0.6 is 0 Å². The highest BCUT2D eigenvalue weighted by Crippen LogP contribution is 2.43. The fourth-order valence-corrected chi connectivity index (χ4v) is 2.17. The first-order valence-electron chi connectivity index (χ1n) is 6.50. The lowest BCUT2D eigenvalue weighted by molar-refractivity contribution is -0.120. The lowest BCUT2D eigenvalue weighted by Gasteiger charge is -2.13. The zero-order chi connectivity index (χ0) is 13.3. The van der Waals surface area contributed by atoms with Crippen molar-refractivity contribution in [1.29, 1.82) is 0 Å². The third kappa shape index (κ3) is 2.61. The Balaban J connectivity index is 1.59. The largest absolute Gasteiger partial charge is 0.443 e. The number of carbonyl (C=O) groups excluding carboxylic acids is 1. The normalized spacial score (nSPS) is 16.5. The molecule has 3 rings (SSSR count). The van der Waals surface area contributed by atoms with Crippen molar-refractivity contribution < 1.29 is 9.21 Å². The van der Waals surface area contributed by atoms with Gasteiger partial charge in [0, 0.05) is 6.54 Å². The Morgan fingerprint density at radius 3 is 3.05 bits per heavy atom. The van der Waals surface area contributed by atoms with E-state index in [-0.39, 0.29) is 11.3 Å². The van der Waals surface area contributed by atoms with Crippen molar-refractivity contribution in [3.8, 4) is 0 Å². The minimum atomic E-state index is 0.0265. The monoisotopic (exact) mass is 259 g/mol. The molecule has 1 aliphatic carbocycles. The summed E-state index contributed by atoms with van der Waals surface area (Å²) in [6, 6.07) is 5.63. The van der Waals surface area contributed by atoms with Crippen LogP contribution in [0.5, 0.6) is 0 Å². The zero-order valence-electron chi connectivity index (χ0n) is 10.7. The lowest BCUT2D eigenvalue weighted by Crippen LogP contribution is -2.34. The van der Waals surface area contributed by atoms with Crippen LogP contribution in [0.15, 0.2) is 29.0 Å². The predicted molar refractivity (Wildman–Crippen MR) is 71.4 cm³/mol. The summed E-state index contributed by atoms with van der Waals surface area (Å²) in [4.78, 5) is 15.9. The van der Waals surface area contributed by atoms with Crippen molar-refractivity contribution in [1.82, 2.24) is 10.3 Å². The number of hydrogen-bond donors (Lipinski definition) is 2. The topological polar surface area (TPSA) is 81.1 Å². The maximum atomic E-state index is 11.9. The Bertz CT molecular complexity index is 602. The van der Waals surface area contributed by atoms with Gasteiger partial charge in [0.25, 0.3) is 0 Å². The second-order valence-corrected chi connectivity index (χ2v) is 5.31. The van der Waals surface area contributed by atoms with E-state index in [0.29, 0.717) is 25.1 Å². The van der Waals surface area contributed by atoms with Crippen molar-refractivity contribution in [3.05, 3.63) is 30.2 Å². The van der Waals surface area contributed by atoms with E-state index >= 15 is 0 Å². The number of aromatic nitrogens is 1. The summed E-state index contributed by atoms with van der Waals surface area (Å²) in [6.45, 7) is 1.34. The molecule has 1 saturated carbocycles. The predicted octanol–water partition coefficient (Wildman–Crippen LogP) is 1.23. The molecule has 0 saturated heterocycles. The summed E-state index contributed by atoms with van der Waals surface area (Å²) < 4.78 is 5.22. The summed E-state index contributed by atoms with van der Waals surface area (Å²) in [7, 11) is 0. The number of carbonyl (C=O) groups is 1. The Hall–Kier alpha value is -1.88. The van der Waals surface area contributed by atoms with Gasteiger partial charge in [0.2, 0.25) is 5.91 Å². The molecule has 1 amide bonds. The molecule has 0 spiro atoms. The van der Waals surface area contributed by atoms with Crippen molar-refractivity contribution in [2.45, 2.75) is 19.3 Å². The van der Waals surface area contributed by atoms with Crippen LogP contribution in [0.2, 0.25) is 0 Å². The van der Waals surface area contributed by atoms with Crippen LogP contribution < -0.4 is 11.1 Å². The molecule has 5 heteroatoms. The summed E-state index contributed by atoms with van der Waals surface area (Å²) in [5.41, 5.74) is 8.31. The van der Waals surface area contributed by atoms with Crippen LogP contribution in [0.1, 0.15) is 18.4 Å². The van der Waals surface area contributed by atoms with Gasteiger partial charge in [-0.25, -0.2) is 4.98 Å². The summed E-state index contributed by atoms with van der Waals surface area (Å²) in [5, 5.41) is 2.96. The number of nitrogens with one attached hydrogen (secondary N) is 1. The van der Waals surface area contributed by atoms with Gasteiger partial charge in [-0.1, -0.05) is 6.07 Å². The molecule has 1 fully saturated rings. The molecule has 1 heterocycles. The molecular formula is C14H17N3O2. The first-order chi connectivity index (χ1) is 9.21. The van der Waals surface area contributed by atoms with E-state index in [4.69, 9.17) is 10.2 Å². The van der Waals surface area contributed by atoms with Crippen molar-refractivity contribution >= 4 is 17.0 Å². The van der Waals surface area contributed by atoms with Gasteiger partial charge in [-0.05, 0) is 42.5 Å². The number of nitrogens with two attached hydrogens (primary N) is 1. The number of amides is 1. The highest BCUT2D eigenvalue weighted by molar-refractivity contribution is 5.80. The van der Waals surface area contributed by atoms with Gasteiger partial charge in [0.05, 0.1) is 6.42 Å². The fourth-order valence-electron chi connectivity index (χ4n) is 2.17. The van der Waals surface area contributed by atoms with Crippen molar-refractivity contribution in [2.24, 2.45) is 11.1 Å². The maximum Gasteiger partial charge on any atom is 0.224 e. The molecule has 0 aliphatic heterocycles. The van der Waals surface area contributed by atoms with E-state index in [1.54, 1.807) is 0 Å². The third-order valence-electron chi connectivity index (χ3n) is 3.81. The fraction of sp³-hybridized carbons (Fsp3) is 0.429. The van der Waals surface area contributed by atoms with Crippen LogP contribution in [0.25, 0.3) is 11.1 Å². The van der Waals surface area contributed by atoms with Crippen molar-refractivity contribution in [2.75, 3.05) is 13.1 Å². The van der Waals surface area contributed by atoms with Gasteiger partial charge in [-0.3, -0.25) is 4.79 Å². The number of hydrogen-bond acceptors (Lipinski definition) is 4. The number of benzene rings is 1. The molecule has 100 valence electrons. The molecular weight excluding hydrogens is 242 g/mol. The van der Waals surface area contributed by atoms with E-state index in [0.717, 1.165) is 23.9 Å². The Labute approximate surface area is 111 Å². The molecule has 0 unspecified atom stereocenters. The smallest absolute Gasteiger partial charge is 0.224 e. The molecule has 5 nitrogen and oxygen atoms in total. The molecule has 3 N–H and O–H groups in total. The highest BCUT2D eigenvalue weighted by atomic mass is 16.3. The maximum absolute atomic E-state index is 11.9. The van der Waals surface area contributed by atoms with Gasteiger partial charge in [0.1, 0.15) is 5.52 Å². The SMILES string of the molecule is NCC1(CNC(=O)Cc2ccc3ncoc3c2)CC1. The lowest BCUT2D eigenvalue weighted by atomic mass is 10.1. The summed E-state index contributed by atoms with van der Waals surface area (Å²) >= 11 is 0. The second kappa shape index (κ2) is 4.66. The number of rotatable bonds is 5. The van der Waals surface area contributed by atoms with Crippen LogP contribution in [-0.2, 0) is 11.2 Å². The average molecular weight is 259 g/mol. The van der Waals surface area contributed by atoms with Crippen molar-refractivity contribution in [3.63, 3.8) is 0 Å². The van der Waals surface area contributed by atoms with Crippen LogP contribution in [-0.4, -0.2) is 24.0 Å². The van der Waals surface area contributed by atoms with Gasteiger partial charge >= 0.3 is 0 Å². The quantitative estimate of drug-likeness (QED) is 0.846. The average Bonchev–Trinajstić information content (AvgIpc) is 3.06. The Kier molecular flexibility index (Phi) is 2.98. The van der Waals surface area contributed by atoms with Crippen LogP contribution in [0.4, 0.5) is 0 Å². The van der Waals surface area contributed by atoms with E-state index < -0.39 is 0 Å². The van der Waals surface area contributed by atoms with E-state index in [2.05, 4.69) is 10.3 Å². The van der Waals surface area contributed by atoms with Crippen LogP contribution in [0.3, 0.4) is 0 Å². The molecule has 2 aromatic rings. The summed E-state index contributed by atoms with van der Waals surface area (Å²) in [5.74, 6) is 0.0265. The van der Waals surface area contributed by atoms with Gasteiger partial charge in [0.15, 0.2) is 12.0 Å². The van der Waals surface area contributed by atoms with Gasteiger partial charge in [-0.2, -0.15) is 0 Å². The Morgan fingerprint density at radius 2 is 2.32 bits per heavy atom. The Morgan fingerprint density at radius 1 is 1.47 bits per heavy atom. The van der Waals surface area contributed by atoms with E-state index in [1.807, 2.05) is 18.2 Å². The van der Waals surface area contributed by atoms with Gasteiger partial charge in [-0.15, -0.1) is 0 Å². The highest BCUT2D eigenvalue weighted by Gasteiger charge is 2.41. The number of oxazole rings is 1. The standard InChI is InChI=1S/C14H17N3O2/c15-7-14(3-4-14)8-16-13(18)6-10-1-2-11-12(5-10)19-9-17-11/h1-2,5,9H,3-4,6-8,15H2,(H,16,18). The van der Waals surface area contributed by atoms with Gasteiger partial charge < -0.3 is 15.5 Å². The first kappa shape index (κ1) is 12.2. The first-order valence-corrected chi connectivity index (χ1v) is 6.50. The third-order valence-corrected chi connectivity index (χ3v) is 3.81. The zero-order valence-corrected chi connectivity index (χ0v) is 10.7. The van der Waals surface area contributed by atoms with E-state index in [9.17, 15) is 4.79 Å². The van der Waals surface area contributed by atoms with E-state index in [1.165, 1.54) is 6.39 Å². The number of nitrogens with zero attached hydrogens (tertiary/aromatic N) is 1. The molecule has 1 aliphatic rings. The molecule has 1 aromatic carbocycles. The molecule has 0 atom stereocenters. The number of fused-ring (bicyclic) bond motifs is 1. The van der Waals surface area contributed by atoms with Crippen LogP contribution in [0, 0.1) is 5.41 Å². The minimum absolute atomic E-state index is 0.0265. The minimum Gasteiger partial charge on any atom is -0.443 e.